The van der Waals surface area contributed by atoms with Crippen LogP contribution in [0.2, 0.25) is 0 Å². The van der Waals surface area contributed by atoms with E-state index in [1.165, 1.54) is 24.0 Å². The van der Waals surface area contributed by atoms with E-state index in [1.54, 1.807) is 0 Å². The van der Waals surface area contributed by atoms with Crippen LogP contribution in [0.15, 0.2) is 54.6 Å². The fourth-order valence-electron chi connectivity index (χ4n) is 2.37. The van der Waals surface area contributed by atoms with Gasteiger partial charge in [0.25, 0.3) is 0 Å². The smallest absolute Gasteiger partial charge is 0.119 e. The maximum atomic E-state index is 5.86. The first-order valence-electron chi connectivity index (χ1n) is 7.58. The Morgan fingerprint density at radius 1 is 1.05 bits per heavy atom. The van der Waals surface area contributed by atoms with E-state index in [9.17, 15) is 0 Å². The molecule has 3 N–H and O–H groups in total. The maximum Gasteiger partial charge on any atom is 0.119 e. The minimum atomic E-state index is 0.251. The minimum Gasteiger partial charge on any atom is -0.489 e. The van der Waals surface area contributed by atoms with Gasteiger partial charge in [0.1, 0.15) is 12.4 Å². The van der Waals surface area contributed by atoms with Crippen molar-refractivity contribution in [2.45, 2.75) is 31.5 Å². The topological polar surface area (TPSA) is 47.3 Å². The molecule has 0 saturated heterocycles. The van der Waals surface area contributed by atoms with Crippen molar-refractivity contribution in [1.82, 2.24) is 5.32 Å². The highest BCUT2D eigenvalue weighted by molar-refractivity contribution is 5.30. The molecule has 110 valence electrons. The van der Waals surface area contributed by atoms with Crippen molar-refractivity contribution in [2.75, 3.05) is 6.54 Å². The van der Waals surface area contributed by atoms with Crippen molar-refractivity contribution < 1.29 is 4.74 Å². The van der Waals surface area contributed by atoms with Crippen molar-refractivity contribution in [1.29, 1.82) is 0 Å². The van der Waals surface area contributed by atoms with Gasteiger partial charge in [-0.1, -0.05) is 42.5 Å². The Morgan fingerprint density at radius 3 is 2.38 bits per heavy atom. The van der Waals surface area contributed by atoms with Crippen LogP contribution in [-0.2, 0) is 6.61 Å². The van der Waals surface area contributed by atoms with E-state index in [4.69, 9.17) is 10.5 Å². The summed E-state index contributed by atoms with van der Waals surface area (Å²) in [5, 5.41) is 3.57. The lowest BCUT2D eigenvalue weighted by Gasteiger charge is -2.17. The lowest BCUT2D eigenvalue weighted by Crippen LogP contribution is -2.29. The number of hydrogen-bond acceptors (Lipinski definition) is 3. The SMILES string of the molecule is NCC(NC1CC1)c1ccc(OCc2ccccc2)cc1. The van der Waals surface area contributed by atoms with E-state index >= 15 is 0 Å². The third kappa shape index (κ3) is 4.06. The number of rotatable bonds is 7. The Kier molecular flexibility index (Phi) is 4.53. The molecule has 0 aromatic heterocycles. The summed E-state index contributed by atoms with van der Waals surface area (Å²) < 4.78 is 5.80. The van der Waals surface area contributed by atoms with E-state index in [2.05, 4.69) is 29.6 Å². The Bertz CT molecular complexity index is 549. The van der Waals surface area contributed by atoms with Gasteiger partial charge in [-0.3, -0.25) is 0 Å². The van der Waals surface area contributed by atoms with E-state index in [-0.39, 0.29) is 6.04 Å². The monoisotopic (exact) mass is 282 g/mol. The molecule has 21 heavy (non-hydrogen) atoms. The van der Waals surface area contributed by atoms with Crippen LogP contribution in [0.5, 0.6) is 5.75 Å². The van der Waals surface area contributed by atoms with Gasteiger partial charge in [0.2, 0.25) is 0 Å². The standard InChI is InChI=1S/C18H22N2O/c19-12-18(20-16-8-9-16)15-6-10-17(11-7-15)21-13-14-4-2-1-3-5-14/h1-7,10-11,16,18,20H,8-9,12-13,19H2. The molecule has 0 heterocycles. The van der Waals surface area contributed by atoms with Crippen molar-refractivity contribution in [3.8, 4) is 5.75 Å². The van der Waals surface area contributed by atoms with Crippen LogP contribution in [0, 0.1) is 0 Å². The quantitative estimate of drug-likeness (QED) is 0.820. The first kappa shape index (κ1) is 14.1. The zero-order chi connectivity index (χ0) is 14.5. The highest BCUT2D eigenvalue weighted by Crippen LogP contribution is 2.25. The molecule has 0 bridgehead atoms. The fraction of sp³-hybridized carbons (Fsp3) is 0.333. The molecule has 0 spiro atoms. The van der Waals surface area contributed by atoms with E-state index in [1.807, 2.05) is 30.3 Å². The number of nitrogens with one attached hydrogen (secondary N) is 1. The largest absolute Gasteiger partial charge is 0.489 e. The molecule has 1 aliphatic rings. The van der Waals surface area contributed by atoms with Crippen LogP contribution in [0.3, 0.4) is 0 Å². The van der Waals surface area contributed by atoms with Gasteiger partial charge in [0.15, 0.2) is 0 Å². The second-order valence-electron chi connectivity index (χ2n) is 5.57. The van der Waals surface area contributed by atoms with Gasteiger partial charge < -0.3 is 15.8 Å². The van der Waals surface area contributed by atoms with Crippen LogP contribution in [0.25, 0.3) is 0 Å². The van der Waals surface area contributed by atoms with Gasteiger partial charge in [0.05, 0.1) is 0 Å². The molecule has 1 fully saturated rings. The number of hydrogen-bond donors (Lipinski definition) is 2. The van der Waals surface area contributed by atoms with Gasteiger partial charge in [-0.15, -0.1) is 0 Å². The highest BCUT2D eigenvalue weighted by Gasteiger charge is 2.24. The predicted molar refractivity (Wildman–Crippen MR) is 85.2 cm³/mol. The number of nitrogens with two attached hydrogens (primary N) is 1. The van der Waals surface area contributed by atoms with Crippen molar-refractivity contribution in [3.05, 3.63) is 65.7 Å². The second-order valence-corrected chi connectivity index (χ2v) is 5.57. The average molecular weight is 282 g/mol. The summed E-state index contributed by atoms with van der Waals surface area (Å²) in [5.74, 6) is 0.893. The Morgan fingerprint density at radius 2 is 1.76 bits per heavy atom. The van der Waals surface area contributed by atoms with Gasteiger partial charge in [-0.2, -0.15) is 0 Å². The second kappa shape index (κ2) is 6.74. The van der Waals surface area contributed by atoms with Crippen molar-refractivity contribution >= 4 is 0 Å². The fourth-order valence-corrected chi connectivity index (χ4v) is 2.37. The van der Waals surface area contributed by atoms with Gasteiger partial charge >= 0.3 is 0 Å². The summed E-state index contributed by atoms with van der Waals surface area (Å²) in [6.45, 7) is 1.22. The lowest BCUT2D eigenvalue weighted by molar-refractivity contribution is 0.306. The number of benzene rings is 2. The Balaban J connectivity index is 1.58. The molecular weight excluding hydrogens is 260 g/mol. The van der Waals surface area contributed by atoms with E-state index < -0.39 is 0 Å². The average Bonchev–Trinajstić information content (AvgIpc) is 3.36. The molecule has 2 aromatic rings. The Labute approximate surface area is 126 Å². The van der Waals surface area contributed by atoms with E-state index in [0.717, 1.165) is 5.75 Å². The molecule has 1 atom stereocenters. The lowest BCUT2D eigenvalue weighted by atomic mass is 10.1. The summed E-state index contributed by atoms with van der Waals surface area (Å²) in [5.41, 5.74) is 8.27. The summed E-state index contributed by atoms with van der Waals surface area (Å²) in [7, 11) is 0. The van der Waals surface area contributed by atoms with E-state index in [0.29, 0.717) is 19.2 Å². The molecule has 2 aromatic carbocycles. The third-order valence-corrected chi connectivity index (χ3v) is 3.78. The summed E-state index contributed by atoms with van der Waals surface area (Å²) in [6, 6.07) is 19.4. The molecule has 1 unspecified atom stereocenters. The van der Waals surface area contributed by atoms with Crippen LogP contribution in [0.4, 0.5) is 0 Å². The van der Waals surface area contributed by atoms with Gasteiger partial charge in [0, 0.05) is 18.6 Å². The molecule has 3 nitrogen and oxygen atoms in total. The normalized spacial score (nSPS) is 15.7. The van der Waals surface area contributed by atoms with Crippen LogP contribution in [-0.4, -0.2) is 12.6 Å². The van der Waals surface area contributed by atoms with Crippen molar-refractivity contribution in [3.63, 3.8) is 0 Å². The molecule has 3 heteroatoms. The molecule has 1 saturated carbocycles. The van der Waals surface area contributed by atoms with Crippen LogP contribution < -0.4 is 15.8 Å². The zero-order valence-corrected chi connectivity index (χ0v) is 12.2. The molecule has 0 aliphatic heterocycles. The first-order chi connectivity index (χ1) is 10.3. The molecule has 0 radical (unpaired) electrons. The minimum absolute atomic E-state index is 0.251. The molecule has 3 rings (SSSR count). The Hall–Kier alpha value is -1.84. The maximum absolute atomic E-state index is 5.86. The van der Waals surface area contributed by atoms with Gasteiger partial charge in [-0.05, 0) is 36.1 Å². The summed E-state index contributed by atoms with van der Waals surface area (Å²) in [6.07, 6.45) is 2.55. The first-order valence-corrected chi connectivity index (χ1v) is 7.58. The number of ether oxygens (including phenoxy) is 1. The van der Waals surface area contributed by atoms with Crippen LogP contribution >= 0.6 is 0 Å². The highest BCUT2D eigenvalue weighted by atomic mass is 16.5. The zero-order valence-electron chi connectivity index (χ0n) is 12.2. The van der Waals surface area contributed by atoms with Gasteiger partial charge in [-0.25, -0.2) is 0 Å². The molecule has 0 amide bonds. The summed E-state index contributed by atoms with van der Waals surface area (Å²) >= 11 is 0. The molecule has 1 aliphatic carbocycles. The third-order valence-electron chi connectivity index (χ3n) is 3.78. The summed E-state index contributed by atoms with van der Waals surface area (Å²) in [4.78, 5) is 0. The predicted octanol–water partition coefficient (Wildman–Crippen LogP) is 3.02. The van der Waals surface area contributed by atoms with Crippen LogP contribution in [0.1, 0.15) is 30.0 Å². The molecular formula is C18H22N2O. The van der Waals surface area contributed by atoms with Crippen molar-refractivity contribution in [2.24, 2.45) is 5.73 Å².